The zero-order valence-corrected chi connectivity index (χ0v) is 10.5. The zero-order chi connectivity index (χ0) is 8.32. The Balaban J connectivity index is 0. The summed E-state index contributed by atoms with van der Waals surface area (Å²) >= 11 is 1.63. The van der Waals surface area contributed by atoms with Crippen LogP contribution in [0.2, 0.25) is 3.12 Å². The topological polar surface area (TPSA) is 0 Å². The third kappa shape index (κ3) is 5.51. The average molecular weight is 264 g/mol. The quantitative estimate of drug-likeness (QED) is 0.519. The van der Waals surface area contributed by atoms with Crippen molar-refractivity contribution in [2.45, 2.75) is 29.8 Å². The number of rotatable bonds is 3. The van der Waals surface area contributed by atoms with Crippen LogP contribution >= 0.6 is 0 Å². The molecule has 0 atom stereocenters. The Morgan fingerprint density at radius 3 is 2.00 bits per heavy atom. The smallest absolute Gasteiger partial charge is 1.00 e. The molecular formula is C10H15F2Zr. The van der Waals surface area contributed by atoms with E-state index in [9.17, 15) is 0 Å². The predicted molar refractivity (Wildman–Crippen MR) is 45.0 cm³/mol. The van der Waals surface area contributed by atoms with Crippen molar-refractivity contribution >= 4 is 0 Å². The van der Waals surface area contributed by atoms with Gasteiger partial charge >= 0.3 is 84.8 Å². The molecule has 0 aromatic carbocycles. The van der Waals surface area contributed by atoms with Gasteiger partial charge in [-0.05, 0) is 0 Å². The standard InChI is InChI=1S/C10H15.2FH.Zr/c1-9(2)7-8-10-5-3-4-6-10;;;/h3-6,9H,7-8H2,1-2H3;2*1H;/q;;;+2/p-2. The van der Waals surface area contributed by atoms with Gasteiger partial charge in [-0.2, -0.15) is 0 Å². The second kappa shape index (κ2) is 6.64. The van der Waals surface area contributed by atoms with Crippen LogP contribution in [0.25, 0.3) is 0 Å². The molecule has 0 aromatic heterocycles. The second-order valence-electron chi connectivity index (χ2n) is 3.69. The second-order valence-corrected chi connectivity index (χ2v) is 5.98. The van der Waals surface area contributed by atoms with Crippen molar-refractivity contribution in [1.82, 2.24) is 0 Å². The molecule has 0 heterocycles. The predicted octanol–water partition coefficient (Wildman–Crippen LogP) is -2.74. The molecular weight excluding hydrogens is 249 g/mol. The normalized spacial score (nSPS) is 17.0. The fourth-order valence-corrected chi connectivity index (χ4v) is 2.03. The van der Waals surface area contributed by atoms with E-state index in [0.717, 1.165) is 5.92 Å². The molecule has 1 aliphatic rings. The summed E-state index contributed by atoms with van der Waals surface area (Å²) in [5, 5.41) is 0. The molecule has 1 rings (SSSR count). The van der Waals surface area contributed by atoms with Gasteiger partial charge in [0.25, 0.3) is 0 Å². The number of hydrogen-bond donors (Lipinski definition) is 0. The first-order valence-corrected chi connectivity index (χ1v) is 5.47. The fourth-order valence-electron chi connectivity index (χ4n) is 1.20. The van der Waals surface area contributed by atoms with Gasteiger partial charge in [-0.15, -0.1) is 0 Å². The monoisotopic (exact) mass is 263 g/mol. The first-order chi connectivity index (χ1) is 5.12. The first-order valence-electron chi connectivity index (χ1n) is 4.24. The number of hydrogen-bond acceptors (Lipinski definition) is 0. The largest absolute Gasteiger partial charge is 1.00 e. The van der Waals surface area contributed by atoms with E-state index in [1.165, 1.54) is 12.8 Å². The van der Waals surface area contributed by atoms with E-state index in [2.05, 4.69) is 38.2 Å². The summed E-state index contributed by atoms with van der Waals surface area (Å²) in [6, 6.07) is 0. The van der Waals surface area contributed by atoms with Crippen molar-refractivity contribution in [2.24, 2.45) is 5.92 Å². The van der Waals surface area contributed by atoms with E-state index < -0.39 is 0 Å². The molecule has 1 aliphatic carbocycles. The van der Waals surface area contributed by atoms with Gasteiger partial charge in [-0.3, -0.25) is 0 Å². The summed E-state index contributed by atoms with van der Waals surface area (Å²) in [7, 11) is 0. The van der Waals surface area contributed by atoms with Crippen LogP contribution in [-0.4, -0.2) is 0 Å². The first kappa shape index (κ1) is 15.7. The molecule has 0 unspecified atom stereocenters. The molecule has 0 amide bonds. The molecule has 0 nitrogen and oxygen atoms in total. The maximum atomic E-state index is 2.34. The summed E-state index contributed by atoms with van der Waals surface area (Å²) in [4.78, 5) is 0. The SMILES string of the molecule is CC(C)CC[C]1([Zr+2])C=CC=C1.[F-].[F-]. The van der Waals surface area contributed by atoms with Crippen molar-refractivity contribution in [3.05, 3.63) is 24.3 Å². The van der Waals surface area contributed by atoms with Crippen LogP contribution < -0.4 is 9.41 Å². The molecule has 0 bridgehead atoms. The Labute approximate surface area is 94.1 Å². The van der Waals surface area contributed by atoms with E-state index in [4.69, 9.17) is 0 Å². The van der Waals surface area contributed by atoms with Gasteiger partial charge in [0, 0.05) is 0 Å². The number of allylic oxidation sites excluding steroid dienone is 4. The van der Waals surface area contributed by atoms with Gasteiger partial charge < -0.3 is 9.41 Å². The average Bonchev–Trinajstić information content (AvgIpc) is 2.33. The fraction of sp³-hybridized carbons (Fsp3) is 0.600. The van der Waals surface area contributed by atoms with Crippen LogP contribution in [0.3, 0.4) is 0 Å². The molecule has 0 radical (unpaired) electrons. The minimum absolute atomic E-state index is 0. The van der Waals surface area contributed by atoms with Crippen molar-refractivity contribution < 1.29 is 34.1 Å². The van der Waals surface area contributed by atoms with Crippen LogP contribution in [-0.2, 0) is 24.7 Å². The Kier molecular flexibility index (Phi) is 8.02. The van der Waals surface area contributed by atoms with Crippen LogP contribution in [0.4, 0.5) is 0 Å². The van der Waals surface area contributed by atoms with Crippen LogP contribution in [0, 0.1) is 5.92 Å². The Bertz CT molecular complexity index is 173. The maximum absolute atomic E-state index is 2.34. The molecule has 0 saturated heterocycles. The summed E-state index contributed by atoms with van der Waals surface area (Å²) in [6.07, 6.45) is 11.7. The van der Waals surface area contributed by atoms with E-state index >= 15 is 0 Å². The van der Waals surface area contributed by atoms with Gasteiger partial charge in [-0.1, -0.05) is 0 Å². The van der Waals surface area contributed by atoms with Crippen molar-refractivity contribution in [3.63, 3.8) is 0 Å². The van der Waals surface area contributed by atoms with Crippen molar-refractivity contribution in [3.8, 4) is 0 Å². The Morgan fingerprint density at radius 2 is 1.62 bits per heavy atom. The summed E-state index contributed by atoms with van der Waals surface area (Å²) in [5.41, 5.74) is 0. The molecule has 0 N–H and O–H groups in total. The third-order valence-corrected chi connectivity index (χ3v) is 3.47. The molecule has 0 spiro atoms. The van der Waals surface area contributed by atoms with Gasteiger partial charge in [-0.25, -0.2) is 0 Å². The summed E-state index contributed by atoms with van der Waals surface area (Å²) in [5.74, 6) is 0.842. The zero-order valence-electron chi connectivity index (χ0n) is 8.06. The third-order valence-electron chi connectivity index (χ3n) is 2.03. The molecule has 13 heavy (non-hydrogen) atoms. The molecule has 3 heteroatoms. The van der Waals surface area contributed by atoms with Crippen LogP contribution in [0.1, 0.15) is 26.7 Å². The van der Waals surface area contributed by atoms with Gasteiger partial charge in [0.1, 0.15) is 0 Å². The molecule has 0 aliphatic heterocycles. The molecule has 0 saturated carbocycles. The van der Waals surface area contributed by atoms with E-state index in [1.54, 1.807) is 24.7 Å². The van der Waals surface area contributed by atoms with Crippen molar-refractivity contribution in [1.29, 1.82) is 0 Å². The Morgan fingerprint density at radius 1 is 1.15 bits per heavy atom. The minimum atomic E-state index is 0. The van der Waals surface area contributed by atoms with E-state index in [1.807, 2.05) is 0 Å². The summed E-state index contributed by atoms with van der Waals surface area (Å²) < 4.78 is 0.455. The molecule has 73 valence electrons. The van der Waals surface area contributed by atoms with Crippen LogP contribution in [0.15, 0.2) is 24.3 Å². The van der Waals surface area contributed by atoms with E-state index in [0.29, 0.717) is 3.12 Å². The van der Waals surface area contributed by atoms with Gasteiger partial charge in [0.15, 0.2) is 0 Å². The summed E-state index contributed by atoms with van der Waals surface area (Å²) in [6.45, 7) is 4.59. The molecule has 0 aromatic rings. The van der Waals surface area contributed by atoms with Gasteiger partial charge in [0.05, 0.1) is 0 Å². The maximum Gasteiger partial charge on any atom is -1.00 e. The molecule has 0 fully saturated rings. The van der Waals surface area contributed by atoms with E-state index in [-0.39, 0.29) is 9.41 Å². The Hall–Kier alpha value is 0.223. The minimum Gasteiger partial charge on any atom is -1.00 e. The van der Waals surface area contributed by atoms with Crippen LogP contribution in [0.5, 0.6) is 0 Å². The van der Waals surface area contributed by atoms with Gasteiger partial charge in [0.2, 0.25) is 0 Å². The number of halogens is 2. The van der Waals surface area contributed by atoms with Crippen molar-refractivity contribution in [2.75, 3.05) is 0 Å².